The third-order valence-electron chi connectivity index (χ3n) is 2.98. The van der Waals surface area contributed by atoms with Crippen molar-refractivity contribution >= 4 is 5.69 Å². The fraction of sp³-hybridized carbons (Fsp3) is 0.538. The van der Waals surface area contributed by atoms with Gasteiger partial charge in [0, 0.05) is 31.4 Å². The lowest BCUT2D eigenvalue weighted by Crippen LogP contribution is -2.23. The maximum Gasteiger partial charge on any atom is 0.129 e. The Morgan fingerprint density at radius 1 is 1.44 bits per heavy atom. The van der Waals surface area contributed by atoms with Gasteiger partial charge in [0.05, 0.1) is 0 Å². The molecular weight excluding hydrogens is 203 g/mol. The van der Waals surface area contributed by atoms with Crippen LogP contribution in [0.15, 0.2) is 18.2 Å². The molecule has 1 unspecified atom stereocenters. The van der Waals surface area contributed by atoms with E-state index in [1.165, 1.54) is 0 Å². The Hall–Kier alpha value is -1.09. The molecule has 0 aliphatic carbocycles. The molecule has 0 aliphatic heterocycles. The molecule has 2 N–H and O–H groups in total. The minimum absolute atomic E-state index is 0.212. The predicted molar refractivity (Wildman–Crippen MR) is 67.0 cm³/mol. The van der Waals surface area contributed by atoms with Crippen LogP contribution in [0, 0.1) is 11.7 Å². The minimum atomic E-state index is -0.212. The average Bonchev–Trinajstić information content (AvgIpc) is 2.28. The lowest BCUT2D eigenvalue weighted by molar-refractivity contribution is 0.558. The fourth-order valence-corrected chi connectivity index (χ4v) is 1.64. The summed E-state index contributed by atoms with van der Waals surface area (Å²) in [5.41, 5.74) is 6.91. The van der Waals surface area contributed by atoms with Crippen molar-refractivity contribution in [1.29, 1.82) is 0 Å². The van der Waals surface area contributed by atoms with Gasteiger partial charge in [-0.1, -0.05) is 26.3 Å². The number of hydrogen-bond acceptors (Lipinski definition) is 2. The van der Waals surface area contributed by atoms with Gasteiger partial charge in [-0.25, -0.2) is 4.39 Å². The molecule has 0 aromatic heterocycles. The van der Waals surface area contributed by atoms with Crippen LogP contribution in [0.25, 0.3) is 0 Å². The second-order valence-corrected chi connectivity index (χ2v) is 4.37. The van der Waals surface area contributed by atoms with Crippen molar-refractivity contribution in [3.8, 4) is 0 Å². The Kier molecular flexibility index (Phi) is 4.74. The highest BCUT2D eigenvalue weighted by molar-refractivity contribution is 5.47. The third-order valence-corrected chi connectivity index (χ3v) is 2.98. The number of halogens is 1. The molecule has 1 aromatic rings. The summed E-state index contributed by atoms with van der Waals surface area (Å²) in [5, 5.41) is 0. The normalized spacial score (nSPS) is 12.6. The van der Waals surface area contributed by atoms with E-state index in [0.29, 0.717) is 11.5 Å². The summed E-state index contributed by atoms with van der Waals surface area (Å²) >= 11 is 0. The summed E-state index contributed by atoms with van der Waals surface area (Å²) < 4.78 is 13.5. The van der Waals surface area contributed by atoms with E-state index in [9.17, 15) is 4.39 Å². The molecular formula is C13H21FN2. The summed E-state index contributed by atoms with van der Waals surface area (Å²) in [5.74, 6) is 0.401. The molecule has 0 saturated carbocycles. The van der Waals surface area contributed by atoms with Gasteiger partial charge in [0.25, 0.3) is 0 Å². The zero-order valence-corrected chi connectivity index (χ0v) is 10.3. The van der Waals surface area contributed by atoms with Crippen LogP contribution in [0.3, 0.4) is 0 Å². The van der Waals surface area contributed by atoms with Crippen LogP contribution in [0.1, 0.15) is 25.8 Å². The van der Waals surface area contributed by atoms with Crippen molar-refractivity contribution in [2.45, 2.75) is 26.8 Å². The first-order valence-electron chi connectivity index (χ1n) is 5.78. The van der Waals surface area contributed by atoms with Crippen molar-refractivity contribution in [3.05, 3.63) is 29.6 Å². The Morgan fingerprint density at radius 3 is 2.62 bits per heavy atom. The second kappa shape index (κ2) is 5.85. The molecule has 0 bridgehead atoms. The molecule has 0 fully saturated rings. The Morgan fingerprint density at radius 2 is 2.12 bits per heavy atom. The third kappa shape index (κ3) is 3.20. The summed E-state index contributed by atoms with van der Waals surface area (Å²) in [6.07, 6.45) is 1.13. The largest absolute Gasteiger partial charge is 0.374 e. The molecule has 0 spiro atoms. The van der Waals surface area contributed by atoms with Crippen LogP contribution in [0.2, 0.25) is 0 Å². The summed E-state index contributed by atoms with van der Waals surface area (Å²) in [7, 11) is 1.99. The van der Waals surface area contributed by atoms with E-state index in [1.54, 1.807) is 12.1 Å². The Balaban J connectivity index is 2.76. The van der Waals surface area contributed by atoms with Gasteiger partial charge in [0.1, 0.15) is 5.82 Å². The van der Waals surface area contributed by atoms with E-state index in [0.717, 1.165) is 18.7 Å². The van der Waals surface area contributed by atoms with Crippen LogP contribution >= 0.6 is 0 Å². The van der Waals surface area contributed by atoms with Crippen LogP contribution < -0.4 is 10.6 Å². The van der Waals surface area contributed by atoms with Gasteiger partial charge in [0.2, 0.25) is 0 Å². The minimum Gasteiger partial charge on any atom is -0.374 e. The smallest absolute Gasteiger partial charge is 0.129 e. The molecule has 90 valence electrons. The quantitative estimate of drug-likeness (QED) is 0.833. The number of hydrogen-bond donors (Lipinski definition) is 1. The molecule has 2 nitrogen and oxygen atoms in total. The maximum absolute atomic E-state index is 13.5. The maximum atomic E-state index is 13.5. The molecule has 0 saturated heterocycles. The first kappa shape index (κ1) is 13.0. The first-order chi connectivity index (χ1) is 7.58. The van der Waals surface area contributed by atoms with Crippen LogP contribution in [-0.4, -0.2) is 13.6 Å². The molecule has 1 aromatic carbocycles. The van der Waals surface area contributed by atoms with Crippen molar-refractivity contribution < 1.29 is 4.39 Å². The number of nitrogens with zero attached hydrogens (tertiary/aromatic N) is 1. The zero-order valence-electron chi connectivity index (χ0n) is 10.3. The number of nitrogens with two attached hydrogens (primary N) is 1. The van der Waals surface area contributed by atoms with Crippen molar-refractivity contribution in [3.63, 3.8) is 0 Å². The van der Waals surface area contributed by atoms with Gasteiger partial charge in [-0.3, -0.25) is 0 Å². The van der Waals surface area contributed by atoms with Gasteiger partial charge >= 0.3 is 0 Å². The van der Waals surface area contributed by atoms with E-state index in [-0.39, 0.29) is 12.4 Å². The molecule has 0 heterocycles. The molecule has 0 radical (unpaired) electrons. The summed E-state index contributed by atoms with van der Waals surface area (Å²) in [6.45, 7) is 5.55. The van der Waals surface area contributed by atoms with E-state index in [4.69, 9.17) is 5.73 Å². The standard InChI is InChI=1S/C13H21FN2/c1-4-10(2)9-16(3)12-6-5-11(8-15)13(14)7-12/h5-7,10H,4,8-9,15H2,1-3H3. The van der Waals surface area contributed by atoms with Gasteiger partial charge in [0.15, 0.2) is 0 Å². The van der Waals surface area contributed by atoms with Crippen molar-refractivity contribution in [1.82, 2.24) is 0 Å². The number of rotatable bonds is 5. The van der Waals surface area contributed by atoms with Crippen LogP contribution in [0.4, 0.5) is 10.1 Å². The van der Waals surface area contributed by atoms with Gasteiger partial charge < -0.3 is 10.6 Å². The second-order valence-electron chi connectivity index (χ2n) is 4.37. The van der Waals surface area contributed by atoms with Crippen molar-refractivity contribution in [2.24, 2.45) is 11.7 Å². The molecule has 0 amide bonds. The Labute approximate surface area is 97.3 Å². The predicted octanol–water partition coefficient (Wildman–Crippen LogP) is 2.77. The summed E-state index contributed by atoms with van der Waals surface area (Å²) in [4.78, 5) is 2.08. The highest BCUT2D eigenvalue weighted by Crippen LogP contribution is 2.18. The molecule has 1 atom stereocenters. The molecule has 0 aliphatic rings. The van der Waals surface area contributed by atoms with Gasteiger partial charge in [-0.2, -0.15) is 0 Å². The van der Waals surface area contributed by atoms with Gasteiger partial charge in [-0.15, -0.1) is 0 Å². The molecule has 3 heteroatoms. The summed E-state index contributed by atoms with van der Waals surface area (Å²) in [6, 6.07) is 5.25. The highest BCUT2D eigenvalue weighted by Gasteiger charge is 2.08. The topological polar surface area (TPSA) is 29.3 Å². The molecule has 1 rings (SSSR count). The van der Waals surface area contributed by atoms with E-state index >= 15 is 0 Å². The monoisotopic (exact) mass is 224 g/mol. The average molecular weight is 224 g/mol. The first-order valence-corrected chi connectivity index (χ1v) is 5.78. The van der Waals surface area contributed by atoms with E-state index < -0.39 is 0 Å². The number of anilines is 1. The van der Waals surface area contributed by atoms with Crippen molar-refractivity contribution in [2.75, 3.05) is 18.5 Å². The van der Waals surface area contributed by atoms with E-state index in [2.05, 4.69) is 18.7 Å². The van der Waals surface area contributed by atoms with Crippen LogP contribution in [0.5, 0.6) is 0 Å². The molecule has 16 heavy (non-hydrogen) atoms. The van der Waals surface area contributed by atoms with Gasteiger partial charge in [-0.05, 0) is 18.1 Å². The van der Waals surface area contributed by atoms with E-state index in [1.807, 2.05) is 13.1 Å². The highest BCUT2D eigenvalue weighted by atomic mass is 19.1. The lowest BCUT2D eigenvalue weighted by atomic mass is 10.1. The SMILES string of the molecule is CCC(C)CN(C)c1ccc(CN)c(F)c1. The zero-order chi connectivity index (χ0) is 12.1. The van der Waals surface area contributed by atoms with Crippen LogP contribution in [-0.2, 0) is 6.54 Å². The Bertz CT molecular complexity index is 339. The number of benzene rings is 1. The fourth-order valence-electron chi connectivity index (χ4n) is 1.64. The lowest BCUT2D eigenvalue weighted by Gasteiger charge is -2.23.